The molecule has 0 saturated carbocycles. The van der Waals surface area contributed by atoms with Gasteiger partial charge in [0.2, 0.25) is 0 Å². The van der Waals surface area contributed by atoms with E-state index in [0.717, 1.165) is 21.7 Å². The Morgan fingerprint density at radius 1 is 1.05 bits per heavy atom. The molecule has 0 unspecified atom stereocenters. The number of imide groups is 2. The summed E-state index contributed by atoms with van der Waals surface area (Å²) in [5, 5.41) is 5.44. The van der Waals surface area contributed by atoms with E-state index in [1.165, 1.54) is 30.3 Å². The molecule has 0 bridgehead atoms. The summed E-state index contributed by atoms with van der Waals surface area (Å²) in [4.78, 5) is 51.0. The van der Waals surface area contributed by atoms with Crippen molar-refractivity contribution >= 4 is 68.7 Å². The molecule has 1 aliphatic heterocycles. The number of carbonyl (C=O) groups is 4. The maximum absolute atomic E-state index is 13.0. The van der Waals surface area contributed by atoms with Crippen LogP contribution in [0, 0.1) is 13.8 Å². The first-order chi connectivity index (χ1) is 17.6. The van der Waals surface area contributed by atoms with Gasteiger partial charge in [-0.25, -0.2) is 9.69 Å². The van der Waals surface area contributed by atoms with Crippen LogP contribution in [0.3, 0.4) is 0 Å². The van der Waals surface area contributed by atoms with Crippen LogP contribution in [0.4, 0.5) is 16.2 Å². The number of carbonyl (C=O) groups excluding carboxylic acids is 4. The van der Waals surface area contributed by atoms with Crippen molar-refractivity contribution in [1.82, 2.24) is 5.32 Å². The second kappa shape index (κ2) is 11.0. The predicted molar refractivity (Wildman–Crippen MR) is 145 cm³/mol. The molecule has 0 aromatic heterocycles. The number of anilines is 2. The Morgan fingerprint density at radius 2 is 1.78 bits per heavy atom. The SMILES string of the molecule is Cc1ccc(C)c(NC(=O)COc2ccc(/C=C3/C(=O)NC(=O)N(c4ccc(Cl)cc4)C3=O)cc2Br)c1. The minimum Gasteiger partial charge on any atom is -0.483 e. The van der Waals surface area contributed by atoms with Gasteiger partial charge in [-0.05, 0) is 95.0 Å². The molecule has 5 amide bonds. The van der Waals surface area contributed by atoms with E-state index in [1.807, 2.05) is 32.0 Å². The standard InChI is InChI=1S/C27H21BrClN3O5/c1-15-3-4-16(2)22(11-15)30-24(33)14-37-23-10-5-17(13-21(23)28)12-20-25(34)31-27(36)32(26(20)35)19-8-6-18(29)7-9-19/h3-13H,14H2,1-2H3,(H,30,33)(H,31,34,36)/b20-12-. The fourth-order valence-corrected chi connectivity index (χ4v) is 4.21. The lowest BCUT2D eigenvalue weighted by Gasteiger charge is -2.26. The number of halogens is 2. The summed E-state index contributed by atoms with van der Waals surface area (Å²) in [5.74, 6) is -1.49. The van der Waals surface area contributed by atoms with Crippen molar-refractivity contribution in [3.63, 3.8) is 0 Å². The Morgan fingerprint density at radius 3 is 2.49 bits per heavy atom. The van der Waals surface area contributed by atoms with Gasteiger partial charge in [-0.1, -0.05) is 29.8 Å². The highest BCUT2D eigenvalue weighted by Crippen LogP contribution is 2.29. The molecule has 3 aromatic rings. The third kappa shape index (κ3) is 6.07. The Labute approximate surface area is 226 Å². The van der Waals surface area contributed by atoms with Gasteiger partial charge in [-0.2, -0.15) is 0 Å². The number of hydrogen-bond donors (Lipinski definition) is 2. The molecule has 10 heteroatoms. The molecule has 0 atom stereocenters. The first kappa shape index (κ1) is 26.1. The monoisotopic (exact) mass is 581 g/mol. The number of nitrogens with one attached hydrogen (secondary N) is 2. The van der Waals surface area contributed by atoms with Gasteiger partial charge in [0.25, 0.3) is 17.7 Å². The third-order valence-electron chi connectivity index (χ3n) is 5.48. The molecule has 4 rings (SSSR count). The highest BCUT2D eigenvalue weighted by atomic mass is 79.9. The van der Waals surface area contributed by atoms with Gasteiger partial charge in [0.05, 0.1) is 10.2 Å². The number of hydrogen-bond acceptors (Lipinski definition) is 5. The molecule has 3 aromatic carbocycles. The number of barbiturate groups is 1. The zero-order chi connectivity index (χ0) is 26.7. The maximum atomic E-state index is 13.0. The summed E-state index contributed by atoms with van der Waals surface area (Å²) in [5.41, 5.74) is 3.24. The van der Waals surface area contributed by atoms with E-state index < -0.39 is 17.8 Å². The highest BCUT2D eigenvalue weighted by Gasteiger charge is 2.36. The van der Waals surface area contributed by atoms with Gasteiger partial charge < -0.3 is 10.1 Å². The lowest BCUT2D eigenvalue weighted by atomic mass is 10.1. The maximum Gasteiger partial charge on any atom is 0.335 e. The lowest BCUT2D eigenvalue weighted by molar-refractivity contribution is -0.122. The first-order valence-corrected chi connectivity index (χ1v) is 12.3. The fraction of sp³-hybridized carbons (Fsp3) is 0.111. The van der Waals surface area contributed by atoms with Crippen LogP contribution in [0.1, 0.15) is 16.7 Å². The molecule has 8 nitrogen and oxygen atoms in total. The fourth-order valence-electron chi connectivity index (χ4n) is 3.57. The van der Waals surface area contributed by atoms with Crippen molar-refractivity contribution in [3.05, 3.63) is 92.4 Å². The van der Waals surface area contributed by atoms with Gasteiger partial charge in [-0.15, -0.1) is 0 Å². The second-order valence-electron chi connectivity index (χ2n) is 8.28. The predicted octanol–water partition coefficient (Wildman–Crippen LogP) is 5.40. The minimum atomic E-state index is -0.849. The van der Waals surface area contributed by atoms with Crippen LogP contribution in [-0.4, -0.2) is 30.4 Å². The highest BCUT2D eigenvalue weighted by molar-refractivity contribution is 9.10. The van der Waals surface area contributed by atoms with Crippen molar-refractivity contribution in [2.45, 2.75) is 13.8 Å². The van der Waals surface area contributed by atoms with Crippen LogP contribution in [0.15, 0.2) is 70.7 Å². The van der Waals surface area contributed by atoms with Crippen LogP contribution in [0.5, 0.6) is 5.75 Å². The Kier molecular flexibility index (Phi) is 7.75. The number of nitrogens with zero attached hydrogens (tertiary/aromatic N) is 1. The Balaban J connectivity index is 1.47. The van der Waals surface area contributed by atoms with E-state index in [1.54, 1.807) is 18.2 Å². The normalized spacial score (nSPS) is 14.5. The number of amides is 5. The molecular weight excluding hydrogens is 562 g/mol. The molecule has 0 aliphatic carbocycles. The van der Waals surface area contributed by atoms with E-state index in [4.69, 9.17) is 16.3 Å². The van der Waals surface area contributed by atoms with Gasteiger partial charge in [0.1, 0.15) is 11.3 Å². The minimum absolute atomic E-state index is 0.217. The van der Waals surface area contributed by atoms with E-state index in [-0.39, 0.29) is 23.8 Å². The van der Waals surface area contributed by atoms with Gasteiger partial charge in [-0.3, -0.25) is 19.7 Å². The smallest absolute Gasteiger partial charge is 0.335 e. The van der Waals surface area contributed by atoms with Crippen molar-refractivity contribution in [2.24, 2.45) is 0 Å². The van der Waals surface area contributed by atoms with Crippen LogP contribution in [0.25, 0.3) is 6.08 Å². The van der Waals surface area contributed by atoms with Gasteiger partial charge in [0, 0.05) is 10.7 Å². The molecule has 0 spiro atoms. The summed E-state index contributed by atoms with van der Waals surface area (Å²) >= 11 is 9.29. The van der Waals surface area contributed by atoms with Crippen LogP contribution < -0.4 is 20.3 Å². The van der Waals surface area contributed by atoms with Crippen molar-refractivity contribution in [2.75, 3.05) is 16.8 Å². The molecule has 1 saturated heterocycles. The first-order valence-electron chi connectivity index (χ1n) is 11.1. The average molecular weight is 583 g/mol. The second-order valence-corrected chi connectivity index (χ2v) is 9.57. The summed E-state index contributed by atoms with van der Waals surface area (Å²) in [7, 11) is 0. The van der Waals surface area contributed by atoms with Crippen molar-refractivity contribution in [1.29, 1.82) is 0 Å². The Bertz CT molecular complexity index is 1450. The molecule has 1 fully saturated rings. The van der Waals surface area contributed by atoms with E-state index in [0.29, 0.717) is 20.8 Å². The van der Waals surface area contributed by atoms with Gasteiger partial charge in [0.15, 0.2) is 6.61 Å². The summed E-state index contributed by atoms with van der Waals surface area (Å²) in [6.07, 6.45) is 1.37. The molecule has 0 radical (unpaired) electrons. The number of benzene rings is 3. The van der Waals surface area contributed by atoms with Crippen LogP contribution in [-0.2, 0) is 14.4 Å². The number of rotatable bonds is 6. The average Bonchev–Trinajstić information content (AvgIpc) is 2.84. The van der Waals surface area contributed by atoms with Crippen LogP contribution in [0.2, 0.25) is 5.02 Å². The lowest BCUT2D eigenvalue weighted by Crippen LogP contribution is -2.54. The van der Waals surface area contributed by atoms with Gasteiger partial charge >= 0.3 is 6.03 Å². The van der Waals surface area contributed by atoms with E-state index in [2.05, 4.69) is 26.6 Å². The third-order valence-corrected chi connectivity index (χ3v) is 6.35. The largest absolute Gasteiger partial charge is 0.483 e. The van der Waals surface area contributed by atoms with Crippen molar-refractivity contribution < 1.29 is 23.9 Å². The molecule has 37 heavy (non-hydrogen) atoms. The quantitative estimate of drug-likeness (QED) is 0.299. The summed E-state index contributed by atoms with van der Waals surface area (Å²) in [6, 6.07) is 15.9. The summed E-state index contributed by atoms with van der Waals surface area (Å²) in [6.45, 7) is 3.63. The Hall–Kier alpha value is -3.95. The van der Waals surface area contributed by atoms with E-state index in [9.17, 15) is 19.2 Å². The van der Waals surface area contributed by atoms with Crippen LogP contribution >= 0.6 is 27.5 Å². The molecule has 188 valence electrons. The molecular formula is C27H21BrClN3O5. The number of aryl methyl sites for hydroxylation is 2. The molecule has 2 N–H and O–H groups in total. The van der Waals surface area contributed by atoms with E-state index >= 15 is 0 Å². The summed E-state index contributed by atoms with van der Waals surface area (Å²) < 4.78 is 6.15. The van der Waals surface area contributed by atoms with Crippen molar-refractivity contribution in [3.8, 4) is 5.75 Å². The molecule has 1 heterocycles. The number of urea groups is 1. The number of ether oxygens (including phenoxy) is 1. The topological polar surface area (TPSA) is 105 Å². The molecule has 1 aliphatic rings. The zero-order valence-electron chi connectivity index (χ0n) is 19.8. The zero-order valence-corrected chi connectivity index (χ0v) is 22.1.